The van der Waals surface area contributed by atoms with Crippen LogP contribution >= 0.6 is 0 Å². The molecule has 1 aromatic heterocycles. The Labute approximate surface area is 87.9 Å². The summed E-state index contributed by atoms with van der Waals surface area (Å²) in [7, 11) is 0. The van der Waals surface area contributed by atoms with Crippen molar-refractivity contribution in [3.05, 3.63) is 41.1 Å². The van der Waals surface area contributed by atoms with Crippen molar-refractivity contribution in [3.63, 3.8) is 0 Å². The summed E-state index contributed by atoms with van der Waals surface area (Å²) in [5.41, 5.74) is 8.50. The Bertz CT molecular complexity index is 547. The van der Waals surface area contributed by atoms with Crippen molar-refractivity contribution in [2.24, 2.45) is 5.73 Å². The first-order valence-corrected chi connectivity index (χ1v) is 4.76. The second-order valence-electron chi connectivity index (χ2n) is 3.63. The Kier molecular flexibility index (Phi) is 2.15. The minimum absolute atomic E-state index is 0.434. The zero-order valence-electron chi connectivity index (χ0n) is 8.74. The van der Waals surface area contributed by atoms with Crippen LogP contribution in [0.5, 0.6) is 0 Å². The first kappa shape index (κ1) is 9.65. The van der Waals surface area contributed by atoms with Gasteiger partial charge < -0.3 is 5.73 Å². The number of carbonyl (C=O) groups excluding carboxylic acids is 1. The van der Waals surface area contributed by atoms with E-state index < -0.39 is 5.91 Å². The third-order valence-electron chi connectivity index (χ3n) is 2.55. The number of aryl methyl sites for hydroxylation is 2. The van der Waals surface area contributed by atoms with Crippen LogP contribution in [0.1, 0.15) is 21.6 Å². The molecule has 0 saturated heterocycles. The van der Waals surface area contributed by atoms with Crippen molar-refractivity contribution >= 4 is 16.8 Å². The summed E-state index contributed by atoms with van der Waals surface area (Å²) in [5, 5.41) is 0.953. The van der Waals surface area contributed by atoms with Gasteiger partial charge in [-0.15, -0.1) is 0 Å². The molecule has 0 radical (unpaired) electrons. The number of nitrogens with two attached hydrogens (primary N) is 1. The van der Waals surface area contributed by atoms with Crippen LogP contribution in [0.4, 0.5) is 0 Å². The molecule has 2 N–H and O–H groups in total. The standard InChI is InChI=1S/C12H12N2O/c1-7-6-9-4-3-5-10(12(13)15)11(9)14-8(7)2/h3-6H,1-2H3,(H2,13,15). The molecule has 15 heavy (non-hydrogen) atoms. The van der Waals surface area contributed by atoms with Crippen molar-refractivity contribution in [1.29, 1.82) is 0 Å². The highest BCUT2D eigenvalue weighted by Crippen LogP contribution is 2.19. The van der Waals surface area contributed by atoms with E-state index >= 15 is 0 Å². The average molecular weight is 200 g/mol. The molecule has 0 aliphatic rings. The van der Waals surface area contributed by atoms with Crippen LogP contribution in [0, 0.1) is 13.8 Å². The van der Waals surface area contributed by atoms with Crippen molar-refractivity contribution < 1.29 is 4.79 Å². The lowest BCUT2D eigenvalue weighted by Gasteiger charge is -2.05. The Morgan fingerprint density at radius 1 is 1.33 bits per heavy atom. The average Bonchev–Trinajstić information content (AvgIpc) is 2.18. The number of benzene rings is 1. The van der Waals surface area contributed by atoms with Gasteiger partial charge in [-0.1, -0.05) is 12.1 Å². The van der Waals surface area contributed by atoms with Crippen LogP contribution in [-0.4, -0.2) is 10.9 Å². The first-order valence-electron chi connectivity index (χ1n) is 4.76. The fourth-order valence-corrected chi connectivity index (χ4v) is 1.60. The van der Waals surface area contributed by atoms with Crippen LogP contribution in [0.15, 0.2) is 24.3 Å². The molecule has 3 nitrogen and oxygen atoms in total. The van der Waals surface area contributed by atoms with Gasteiger partial charge in [0, 0.05) is 11.1 Å². The van der Waals surface area contributed by atoms with Crippen molar-refractivity contribution in [1.82, 2.24) is 4.98 Å². The van der Waals surface area contributed by atoms with E-state index in [4.69, 9.17) is 5.73 Å². The second kappa shape index (κ2) is 3.35. The van der Waals surface area contributed by atoms with Crippen LogP contribution in [0.3, 0.4) is 0 Å². The Morgan fingerprint density at radius 3 is 2.73 bits per heavy atom. The number of aromatic nitrogens is 1. The highest BCUT2D eigenvalue weighted by molar-refractivity contribution is 6.04. The van der Waals surface area contributed by atoms with E-state index in [1.807, 2.05) is 32.0 Å². The monoisotopic (exact) mass is 200 g/mol. The van der Waals surface area contributed by atoms with Crippen molar-refractivity contribution in [2.45, 2.75) is 13.8 Å². The quantitative estimate of drug-likeness (QED) is 0.764. The predicted molar refractivity (Wildman–Crippen MR) is 59.7 cm³/mol. The summed E-state index contributed by atoms with van der Waals surface area (Å²) in [4.78, 5) is 15.6. The molecular formula is C12H12N2O. The number of hydrogen-bond acceptors (Lipinski definition) is 2. The highest BCUT2D eigenvalue weighted by atomic mass is 16.1. The lowest BCUT2D eigenvalue weighted by Crippen LogP contribution is -2.12. The topological polar surface area (TPSA) is 56.0 Å². The number of carbonyl (C=O) groups is 1. The van der Waals surface area contributed by atoms with Crippen LogP contribution < -0.4 is 5.73 Å². The van der Waals surface area contributed by atoms with E-state index in [0.717, 1.165) is 16.6 Å². The molecule has 2 rings (SSSR count). The minimum Gasteiger partial charge on any atom is -0.366 e. The molecule has 1 aromatic carbocycles. The molecule has 3 heteroatoms. The fourth-order valence-electron chi connectivity index (χ4n) is 1.60. The molecule has 0 aliphatic carbocycles. The summed E-state index contributed by atoms with van der Waals surface area (Å²) in [6.45, 7) is 3.92. The molecule has 0 unspecified atom stereocenters. The van der Waals surface area contributed by atoms with Gasteiger partial charge in [0.1, 0.15) is 0 Å². The summed E-state index contributed by atoms with van der Waals surface area (Å²) in [6, 6.07) is 7.47. The van der Waals surface area contributed by atoms with Gasteiger partial charge in [0.05, 0.1) is 11.1 Å². The minimum atomic E-state index is -0.434. The van der Waals surface area contributed by atoms with Gasteiger partial charge in [-0.25, -0.2) is 0 Å². The fraction of sp³-hybridized carbons (Fsp3) is 0.167. The van der Waals surface area contributed by atoms with E-state index in [-0.39, 0.29) is 0 Å². The Hall–Kier alpha value is -1.90. The summed E-state index contributed by atoms with van der Waals surface area (Å²) >= 11 is 0. The van der Waals surface area contributed by atoms with E-state index in [1.165, 1.54) is 0 Å². The normalized spacial score (nSPS) is 10.5. The number of pyridine rings is 1. The zero-order chi connectivity index (χ0) is 11.0. The van der Waals surface area contributed by atoms with Gasteiger partial charge >= 0.3 is 0 Å². The van der Waals surface area contributed by atoms with E-state index in [2.05, 4.69) is 4.98 Å². The molecule has 0 aliphatic heterocycles. The Balaban J connectivity index is 2.86. The smallest absolute Gasteiger partial charge is 0.250 e. The lowest BCUT2D eigenvalue weighted by atomic mass is 10.1. The molecule has 2 aromatic rings. The maximum absolute atomic E-state index is 11.2. The van der Waals surface area contributed by atoms with Crippen molar-refractivity contribution in [3.8, 4) is 0 Å². The number of fused-ring (bicyclic) bond motifs is 1. The molecule has 0 bridgehead atoms. The summed E-state index contributed by atoms with van der Waals surface area (Å²) in [5.74, 6) is -0.434. The molecule has 0 fully saturated rings. The van der Waals surface area contributed by atoms with E-state index in [1.54, 1.807) is 6.07 Å². The van der Waals surface area contributed by atoms with Crippen LogP contribution in [0.25, 0.3) is 10.9 Å². The third kappa shape index (κ3) is 1.56. The Morgan fingerprint density at radius 2 is 2.07 bits per heavy atom. The molecule has 0 spiro atoms. The lowest BCUT2D eigenvalue weighted by molar-refractivity contribution is 0.100. The number of nitrogens with zero attached hydrogens (tertiary/aromatic N) is 1. The van der Waals surface area contributed by atoms with E-state index in [9.17, 15) is 4.79 Å². The van der Waals surface area contributed by atoms with E-state index in [0.29, 0.717) is 11.1 Å². The first-order chi connectivity index (χ1) is 7.09. The summed E-state index contributed by atoms with van der Waals surface area (Å²) in [6.07, 6.45) is 0. The SMILES string of the molecule is Cc1cc2cccc(C(N)=O)c2nc1C. The van der Waals surface area contributed by atoms with Gasteiger partial charge in [0.2, 0.25) is 0 Å². The molecule has 76 valence electrons. The van der Waals surface area contributed by atoms with Gasteiger partial charge in [-0.05, 0) is 31.5 Å². The van der Waals surface area contributed by atoms with Crippen LogP contribution in [0.2, 0.25) is 0 Å². The molecule has 0 atom stereocenters. The van der Waals surface area contributed by atoms with Crippen molar-refractivity contribution in [2.75, 3.05) is 0 Å². The number of hydrogen-bond donors (Lipinski definition) is 1. The number of para-hydroxylation sites is 1. The molecule has 1 amide bonds. The third-order valence-corrected chi connectivity index (χ3v) is 2.55. The predicted octanol–water partition coefficient (Wildman–Crippen LogP) is 1.95. The van der Waals surface area contributed by atoms with Crippen LogP contribution in [-0.2, 0) is 0 Å². The van der Waals surface area contributed by atoms with Gasteiger partial charge in [0.25, 0.3) is 5.91 Å². The maximum Gasteiger partial charge on any atom is 0.250 e. The van der Waals surface area contributed by atoms with Gasteiger partial charge in [-0.3, -0.25) is 9.78 Å². The number of rotatable bonds is 1. The summed E-state index contributed by atoms with van der Waals surface area (Å²) < 4.78 is 0. The highest BCUT2D eigenvalue weighted by Gasteiger charge is 2.08. The second-order valence-corrected chi connectivity index (χ2v) is 3.63. The molecule has 1 heterocycles. The number of primary amides is 1. The van der Waals surface area contributed by atoms with Gasteiger partial charge in [0.15, 0.2) is 0 Å². The van der Waals surface area contributed by atoms with Gasteiger partial charge in [-0.2, -0.15) is 0 Å². The number of amides is 1. The molecular weight excluding hydrogens is 188 g/mol. The molecule has 0 saturated carbocycles. The largest absolute Gasteiger partial charge is 0.366 e. The maximum atomic E-state index is 11.2. The zero-order valence-corrected chi connectivity index (χ0v) is 8.74.